The summed E-state index contributed by atoms with van der Waals surface area (Å²) in [6.07, 6.45) is 7.31. The lowest BCUT2D eigenvalue weighted by atomic mass is 9.85. The third kappa shape index (κ3) is 4.96. The number of likely N-dealkylation sites (N-methyl/N-ethyl adjacent to an activating group) is 1. The second kappa shape index (κ2) is 7.66. The SMILES string of the molecule is CN(CCc1ccccc1)CC(O)C1CCCCC1. The summed E-state index contributed by atoms with van der Waals surface area (Å²) >= 11 is 0. The Morgan fingerprint density at radius 3 is 2.53 bits per heavy atom. The predicted molar refractivity (Wildman–Crippen MR) is 80.2 cm³/mol. The number of benzene rings is 1. The minimum Gasteiger partial charge on any atom is -0.392 e. The molecule has 0 radical (unpaired) electrons. The van der Waals surface area contributed by atoms with Crippen LogP contribution in [0.15, 0.2) is 30.3 Å². The third-order valence-electron chi connectivity index (χ3n) is 4.32. The molecule has 2 rings (SSSR count). The number of nitrogens with zero attached hydrogens (tertiary/aromatic N) is 1. The summed E-state index contributed by atoms with van der Waals surface area (Å²) in [6.45, 7) is 1.84. The maximum atomic E-state index is 10.3. The minimum atomic E-state index is -0.138. The van der Waals surface area contributed by atoms with Gasteiger partial charge in [0.1, 0.15) is 0 Å². The van der Waals surface area contributed by atoms with Crippen molar-refractivity contribution < 1.29 is 5.11 Å². The van der Waals surface area contributed by atoms with Crippen LogP contribution in [0.1, 0.15) is 37.7 Å². The van der Waals surface area contributed by atoms with Crippen molar-refractivity contribution in [1.29, 1.82) is 0 Å². The second-order valence-electron chi connectivity index (χ2n) is 5.96. The van der Waals surface area contributed by atoms with Crippen LogP contribution < -0.4 is 0 Å². The first-order chi connectivity index (χ1) is 9.25. The topological polar surface area (TPSA) is 23.5 Å². The molecule has 19 heavy (non-hydrogen) atoms. The van der Waals surface area contributed by atoms with Crippen molar-refractivity contribution in [3.05, 3.63) is 35.9 Å². The number of rotatable bonds is 6. The Morgan fingerprint density at radius 1 is 1.16 bits per heavy atom. The minimum absolute atomic E-state index is 0.138. The molecule has 1 N–H and O–H groups in total. The third-order valence-corrected chi connectivity index (χ3v) is 4.32. The molecular formula is C17H27NO. The van der Waals surface area contributed by atoms with Gasteiger partial charge in [-0.25, -0.2) is 0 Å². The highest BCUT2D eigenvalue weighted by Gasteiger charge is 2.22. The van der Waals surface area contributed by atoms with Crippen LogP contribution in [0.5, 0.6) is 0 Å². The summed E-state index contributed by atoms with van der Waals surface area (Å²) in [5.74, 6) is 0.535. The average molecular weight is 261 g/mol. The molecule has 2 nitrogen and oxygen atoms in total. The van der Waals surface area contributed by atoms with E-state index in [2.05, 4.69) is 42.3 Å². The number of aliphatic hydroxyl groups is 1. The van der Waals surface area contributed by atoms with Gasteiger partial charge in [-0.05, 0) is 37.8 Å². The molecule has 1 saturated carbocycles. The summed E-state index contributed by atoms with van der Waals surface area (Å²) in [7, 11) is 2.12. The number of hydrogen-bond acceptors (Lipinski definition) is 2. The highest BCUT2D eigenvalue weighted by molar-refractivity contribution is 5.14. The van der Waals surface area contributed by atoms with Gasteiger partial charge in [0.05, 0.1) is 6.10 Å². The maximum absolute atomic E-state index is 10.3. The van der Waals surface area contributed by atoms with Crippen LogP contribution in [-0.2, 0) is 6.42 Å². The average Bonchev–Trinajstić information content (AvgIpc) is 2.47. The summed E-state index contributed by atoms with van der Waals surface area (Å²) < 4.78 is 0. The first-order valence-corrected chi connectivity index (χ1v) is 7.66. The lowest BCUT2D eigenvalue weighted by molar-refractivity contribution is 0.0553. The van der Waals surface area contributed by atoms with Gasteiger partial charge in [0, 0.05) is 13.1 Å². The molecule has 0 aliphatic heterocycles. The molecule has 2 heteroatoms. The summed E-state index contributed by atoms with van der Waals surface area (Å²) in [6, 6.07) is 10.6. The molecule has 1 aromatic carbocycles. The fourth-order valence-electron chi connectivity index (χ4n) is 3.04. The van der Waals surface area contributed by atoms with Gasteiger partial charge in [-0.15, -0.1) is 0 Å². The van der Waals surface area contributed by atoms with Crippen LogP contribution in [0.3, 0.4) is 0 Å². The van der Waals surface area contributed by atoms with E-state index >= 15 is 0 Å². The highest BCUT2D eigenvalue weighted by atomic mass is 16.3. The van der Waals surface area contributed by atoms with Crippen LogP contribution in [0.25, 0.3) is 0 Å². The smallest absolute Gasteiger partial charge is 0.0695 e. The van der Waals surface area contributed by atoms with Crippen LogP contribution in [0.4, 0.5) is 0 Å². The molecule has 1 aliphatic carbocycles. The summed E-state index contributed by atoms with van der Waals surface area (Å²) in [5, 5.41) is 10.3. The van der Waals surface area contributed by atoms with E-state index in [1.807, 2.05) is 0 Å². The lowest BCUT2D eigenvalue weighted by Gasteiger charge is -2.29. The Labute approximate surface area is 117 Å². The van der Waals surface area contributed by atoms with Crippen molar-refractivity contribution in [1.82, 2.24) is 4.90 Å². The molecule has 0 spiro atoms. The quantitative estimate of drug-likeness (QED) is 0.850. The van der Waals surface area contributed by atoms with Crippen molar-refractivity contribution in [2.24, 2.45) is 5.92 Å². The van der Waals surface area contributed by atoms with E-state index in [-0.39, 0.29) is 6.10 Å². The van der Waals surface area contributed by atoms with Crippen molar-refractivity contribution in [2.45, 2.75) is 44.6 Å². The largest absolute Gasteiger partial charge is 0.392 e. The number of hydrogen-bond donors (Lipinski definition) is 1. The number of aliphatic hydroxyl groups excluding tert-OH is 1. The Kier molecular flexibility index (Phi) is 5.87. The van der Waals surface area contributed by atoms with Gasteiger partial charge in [0.25, 0.3) is 0 Å². The van der Waals surface area contributed by atoms with Crippen molar-refractivity contribution in [3.63, 3.8) is 0 Å². The van der Waals surface area contributed by atoms with E-state index in [0.29, 0.717) is 5.92 Å². The van der Waals surface area contributed by atoms with Crippen LogP contribution in [0, 0.1) is 5.92 Å². The van der Waals surface area contributed by atoms with Gasteiger partial charge in [0.15, 0.2) is 0 Å². The highest BCUT2D eigenvalue weighted by Crippen LogP contribution is 2.26. The Morgan fingerprint density at radius 2 is 1.84 bits per heavy atom. The normalized spacial score (nSPS) is 18.7. The molecule has 0 heterocycles. The molecule has 106 valence electrons. The van der Waals surface area contributed by atoms with Crippen LogP contribution in [0.2, 0.25) is 0 Å². The molecule has 1 unspecified atom stereocenters. The van der Waals surface area contributed by atoms with Crippen molar-refractivity contribution >= 4 is 0 Å². The van der Waals surface area contributed by atoms with Gasteiger partial charge in [-0.1, -0.05) is 49.6 Å². The Bertz CT molecular complexity index is 346. The maximum Gasteiger partial charge on any atom is 0.0695 e. The van der Waals surface area contributed by atoms with Gasteiger partial charge in [-0.2, -0.15) is 0 Å². The molecule has 0 saturated heterocycles. The molecule has 0 bridgehead atoms. The standard InChI is InChI=1S/C17H27NO/c1-18(13-12-15-8-4-2-5-9-15)14-17(19)16-10-6-3-7-11-16/h2,4-5,8-9,16-17,19H,3,6-7,10-14H2,1H3. The zero-order valence-corrected chi connectivity index (χ0v) is 12.1. The summed E-state index contributed by atoms with van der Waals surface area (Å²) in [5.41, 5.74) is 1.38. The van der Waals surface area contributed by atoms with Gasteiger partial charge in [-0.3, -0.25) is 0 Å². The zero-order chi connectivity index (χ0) is 13.5. The van der Waals surface area contributed by atoms with Crippen LogP contribution in [-0.4, -0.2) is 36.2 Å². The van der Waals surface area contributed by atoms with E-state index in [0.717, 1.165) is 19.5 Å². The predicted octanol–water partition coefficient (Wildman–Crippen LogP) is 3.10. The lowest BCUT2D eigenvalue weighted by Crippen LogP contribution is -2.36. The molecule has 1 aromatic rings. The molecule has 0 amide bonds. The first kappa shape index (κ1) is 14.5. The van der Waals surface area contributed by atoms with Crippen molar-refractivity contribution in [2.75, 3.05) is 20.1 Å². The van der Waals surface area contributed by atoms with E-state index < -0.39 is 0 Å². The molecule has 1 fully saturated rings. The second-order valence-corrected chi connectivity index (χ2v) is 5.96. The Balaban J connectivity index is 1.70. The van der Waals surface area contributed by atoms with E-state index in [9.17, 15) is 5.11 Å². The molecule has 1 atom stereocenters. The van der Waals surface area contributed by atoms with Gasteiger partial charge < -0.3 is 10.0 Å². The fraction of sp³-hybridized carbons (Fsp3) is 0.647. The monoisotopic (exact) mass is 261 g/mol. The summed E-state index contributed by atoms with van der Waals surface area (Å²) in [4.78, 5) is 2.27. The molecule has 1 aliphatic rings. The van der Waals surface area contributed by atoms with Gasteiger partial charge >= 0.3 is 0 Å². The van der Waals surface area contributed by atoms with Crippen LogP contribution >= 0.6 is 0 Å². The van der Waals surface area contributed by atoms with E-state index in [1.54, 1.807) is 0 Å². The van der Waals surface area contributed by atoms with E-state index in [1.165, 1.54) is 37.7 Å². The first-order valence-electron chi connectivity index (χ1n) is 7.66. The molecule has 0 aromatic heterocycles. The molecular weight excluding hydrogens is 234 g/mol. The van der Waals surface area contributed by atoms with Crippen molar-refractivity contribution in [3.8, 4) is 0 Å². The zero-order valence-electron chi connectivity index (χ0n) is 12.1. The van der Waals surface area contributed by atoms with E-state index in [4.69, 9.17) is 0 Å². The van der Waals surface area contributed by atoms with Gasteiger partial charge in [0.2, 0.25) is 0 Å². The fourth-order valence-corrected chi connectivity index (χ4v) is 3.04. The Hall–Kier alpha value is -0.860.